The third-order valence-corrected chi connectivity index (χ3v) is 3.80. The quantitative estimate of drug-likeness (QED) is 0.680. The summed E-state index contributed by atoms with van der Waals surface area (Å²) in [5.74, 6) is -1.70. The number of aliphatic hydroxyl groups is 1. The van der Waals surface area contributed by atoms with E-state index in [-0.39, 0.29) is 6.61 Å². The van der Waals surface area contributed by atoms with Crippen molar-refractivity contribution in [1.82, 2.24) is 5.32 Å². The molecule has 22 heavy (non-hydrogen) atoms. The number of aliphatic hydroxyl groups excluding tert-OH is 1. The molecule has 1 aliphatic rings. The molecule has 120 valence electrons. The van der Waals surface area contributed by atoms with Crippen molar-refractivity contribution in [3.05, 3.63) is 35.9 Å². The van der Waals surface area contributed by atoms with Gasteiger partial charge in [0, 0.05) is 6.04 Å². The van der Waals surface area contributed by atoms with Gasteiger partial charge in [0.15, 0.2) is 0 Å². The van der Waals surface area contributed by atoms with Crippen molar-refractivity contribution in [3.8, 4) is 0 Å². The van der Waals surface area contributed by atoms with E-state index in [1.807, 2.05) is 30.3 Å². The highest BCUT2D eigenvalue weighted by Gasteiger charge is 2.34. The van der Waals surface area contributed by atoms with Crippen molar-refractivity contribution in [3.63, 3.8) is 0 Å². The van der Waals surface area contributed by atoms with Crippen LogP contribution in [0.5, 0.6) is 0 Å². The Balaban J connectivity index is 1.88. The van der Waals surface area contributed by atoms with Crippen molar-refractivity contribution < 1.29 is 24.5 Å². The summed E-state index contributed by atoms with van der Waals surface area (Å²) in [5, 5.41) is 21.0. The normalized spacial score (nSPS) is 16.6. The van der Waals surface area contributed by atoms with E-state index in [2.05, 4.69) is 5.32 Å². The van der Waals surface area contributed by atoms with E-state index in [0.717, 1.165) is 18.4 Å². The minimum atomic E-state index is -1.11. The fraction of sp³-hybridized carbons (Fsp3) is 0.500. The van der Waals surface area contributed by atoms with Crippen molar-refractivity contribution >= 4 is 12.1 Å². The second-order valence-corrected chi connectivity index (χ2v) is 5.62. The molecule has 0 radical (unpaired) electrons. The van der Waals surface area contributed by atoms with Crippen LogP contribution in [0.4, 0.5) is 4.79 Å². The molecule has 3 N–H and O–H groups in total. The molecular weight excluding hydrogens is 286 g/mol. The molecular formula is C16H21NO5. The van der Waals surface area contributed by atoms with E-state index in [1.165, 1.54) is 0 Å². The number of carboxylic acids is 1. The van der Waals surface area contributed by atoms with Crippen LogP contribution >= 0.6 is 0 Å². The van der Waals surface area contributed by atoms with Crippen LogP contribution in [0.2, 0.25) is 0 Å². The van der Waals surface area contributed by atoms with Gasteiger partial charge in [0.05, 0.1) is 6.61 Å². The average Bonchev–Trinajstić information content (AvgIpc) is 3.30. The van der Waals surface area contributed by atoms with E-state index in [9.17, 15) is 14.7 Å². The van der Waals surface area contributed by atoms with Crippen LogP contribution in [0.15, 0.2) is 30.3 Å². The maximum absolute atomic E-state index is 11.9. The minimum Gasteiger partial charge on any atom is -0.481 e. The molecule has 0 heterocycles. The largest absolute Gasteiger partial charge is 0.481 e. The molecule has 1 aliphatic carbocycles. The number of alkyl carbamates (subject to hydrolysis) is 1. The average molecular weight is 307 g/mol. The Morgan fingerprint density at radius 3 is 2.50 bits per heavy atom. The maximum atomic E-state index is 11.9. The molecule has 0 spiro atoms. The lowest BCUT2D eigenvalue weighted by Gasteiger charge is -2.23. The van der Waals surface area contributed by atoms with Gasteiger partial charge in [0.25, 0.3) is 0 Å². The summed E-state index contributed by atoms with van der Waals surface area (Å²) < 4.78 is 5.11. The zero-order chi connectivity index (χ0) is 15.9. The highest BCUT2D eigenvalue weighted by atomic mass is 16.5. The monoisotopic (exact) mass is 307 g/mol. The Kier molecular flexibility index (Phi) is 5.77. The Morgan fingerprint density at radius 1 is 1.27 bits per heavy atom. The Hall–Kier alpha value is -2.08. The number of hydrogen-bond acceptors (Lipinski definition) is 4. The van der Waals surface area contributed by atoms with Gasteiger partial charge in [0.1, 0.15) is 12.5 Å². The Labute approximate surface area is 129 Å². The number of aliphatic carboxylic acids is 1. The second-order valence-electron chi connectivity index (χ2n) is 5.62. The van der Waals surface area contributed by atoms with Gasteiger partial charge in [-0.25, -0.2) is 4.79 Å². The van der Waals surface area contributed by atoms with Crippen LogP contribution in [0.1, 0.15) is 24.8 Å². The van der Waals surface area contributed by atoms with Gasteiger partial charge in [-0.2, -0.15) is 0 Å². The molecule has 1 aromatic rings. The molecule has 0 bridgehead atoms. The molecule has 2 rings (SSSR count). The number of amides is 1. The molecule has 1 aromatic carbocycles. The molecule has 1 amide bonds. The lowest BCUT2D eigenvalue weighted by atomic mass is 9.96. The fourth-order valence-corrected chi connectivity index (χ4v) is 2.33. The Bertz CT molecular complexity index is 501. The van der Waals surface area contributed by atoms with Gasteiger partial charge in [-0.1, -0.05) is 43.2 Å². The van der Waals surface area contributed by atoms with Crippen LogP contribution in [0, 0.1) is 11.8 Å². The molecule has 0 saturated heterocycles. The molecule has 1 unspecified atom stereocenters. The molecule has 2 atom stereocenters. The predicted octanol–water partition coefficient (Wildman–Crippen LogP) is 1.77. The molecule has 6 heteroatoms. The smallest absolute Gasteiger partial charge is 0.407 e. The first kappa shape index (κ1) is 16.3. The molecule has 1 saturated carbocycles. The fourth-order valence-electron chi connectivity index (χ4n) is 2.33. The SMILES string of the molecule is O=C(NC(CC1CC1)[C@H](CO)C(=O)O)OCc1ccccc1. The number of nitrogens with one attached hydrogen (secondary N) is 1. The van der Waals surface area contributed by atoms with Gasteiger partial charge < -0.3 is 20.3 Å². The highest BCUT2D eigenvalue weighted by molar-refractivity contribution is 5.73. The van der Waals surface area contributed by atoms with Gasteiger partial charge in [-0.3, -0.25) is 4.79 Å². The first-order chi connectivity index (χ1) is 10.6. The van der Waals surface area contributed by atoms with E-state index in [4.69, 9.17) is 9.84 Å². The summed E-state index contributed by atoms with van der Waals surface area (Å²) in [5.41, 5.74) is 0.855. The summed E-state index contributed by atoms with van der Waals surface area (Å²) in [6.45, 7) is -0.384. The van der Waals surface area contributed by atoms with Crippen molar-refractivity contribution in [2.45, 2.75) is 31.9 Å². The number of benzene rings is 1. The predicted molar refractivity (Wildman–Crippen MR) is 79.1 cm³/mol. The summed E-state index contributed by atoms with van der Waals surface area (Å²) in [4.78, 5) is 23.0. The van der Waals surface area contributed by atoms with Crippen molar-refractivity contribution in [2.24, 2.45) is 11.8 Å². The van der Waals surface area contributed by atoms with Gasteiger partial charge >= 0.3 is 12.1 Å². The van der Waals surface area contributed by atoms with Crippen LogP contribution in [-0.4, -0.2) is 34.9 Å². The summed E-state index contributed by atoms with van der Waals surface area (Å²) in [7, 11) is 0. The summed E-state index contributed by atoms with van der Waals surface area (Å²) >= 11 is 0. The van der Waals surface area contributed by atoms with Crippen LogP contribution in [-0.2, 0) is 16.1 Å². The number of hydrogen-bond donors (Lipinski definition) is 3. The Morgan fingerprint density at radius 2 is 1.95 bits per heavy atom. The maximum Gasteiger partial charge on any atom is 0.407 e. The lowest BCUT2D eigenvalue weighted by molar-refractivity contribution is -0.144. The molecule has 1 fully saturated rings. The number of rotatable bonds is 8. The third-order valence-electron chi connectivity index (χ3n) is 3.80. The van der Waals surface area contributed by atoms with Crippen molar-refractivity contribution in [2.75, 3.05) is 6.61 Å². The zero-order valence-electron chi connectivity index (χ0n) is 12.3. The molecule has 0 aliphatic heterocycles. The van der Waals surface area contributed by atoms with Crippen molar-refractivity contribution in [1.29, 1.82) is 0 Å². The van der Waals surface area contributed by atoms with E-state index >= 15 is 0 Å². The minimum absolute atomic E-state index is 0.125. The lowest BCUT2D eigenvalue weighted by Crippen LogP contribution is -2.45. The topological polar surface area (TPSA) is 95.9 Å². The summed E-state index contributed by atoms with van der Waals surface area (Å²) in [6.07, 6.45) is 1.97. The van der Waals surface area contributed by atoms with E-state index < -0.39 is 30.6 Å². The van der Waals surface area contributed by atoms with Gasteiger partial charge in [0.2, 0.25) is 0 Å². The highest BCUT2D eigenvalue weighted by Crippen LogP contribution is 2.35. The molecule has 0 aromatic heterocycles. The first-order valence-electron chi connectivity index (χ1n) is 7.41. The van der Waals surface area contributed by atoms with Crippen LogP contribution in [0.25, 0.3) is 0 Å². The number of carbonyl (C=O) groups is 2. The number of carboxylic acid groups (broad SMARTS) is 1. The summed E-state index contributed by atoms with van der Waals surface area (Å²) in [6, 6.07) is 8.62. The van der Waals surface area contributed by atoms with Gasteiger partial charge in [-0.05, 0) is 17.9 Å². The zero-order valence-corrected chi connectivity index (χ0v) is 12.3. The third kappa shape index (κ3) is 5.04. The number of ether oxygens (including phenoxy) is 1. The standard InChI is InChI=1S/C16H21NO5/c18-9-13(15(19)20)14(8-11-6-7-11)17-16(21)22-10-12-4-2-1-3-5-12/h1-5,11,13-14,18H,6-10H2,(H,17,21)(H,19,20)/t13-,14?/m0/s1. The first-order valence-corrected chi connectivity index (χ1v) is 7.41. The van der Waals surface area contributed by atoms with Gasteiger partial charge in [-0.15, -0.1) is 0 Å². The molecule has 6 nitrogen and oxygen atoms in total. The van der Waals surface area contributed by atoms with Crippen LogP contribution in [0.3, 0.4) is 0 Å². The second kappa shape index (κ2) is 7.79. The van der Waals surface area contributed by atoms with E-state index in [0.29, 0.717) is 12.3 Å². The van der Waals surface area contributed by atoms with E-state index in [1.54, 1.807) is 0 Å². The number of carbonyl (C=O) groups excluding carboxylic acids is 1. The van der Waals surface area contributed by atoms with Crippen LogP contribution < -0.4 is 5.32 Å².